The normalized spacial score (nSPS) is 14.6. The Morgan fingerprint density at radius 1 is 1.20 bits per heavy atom. The van der Waals surface area contributed by atoms with E-state index in [1.54, 1.807) is 0 Å². The van der Waals surface area contributed by atoms with Gasteiger partial charge in [-0.05, 0) is 62.2 Å². The first kappa shape index (κ1) is 20.2. The van der Waals surface area contributed by atoms with Gasteiger partial charge in [-0.3, -0.25) is 4.79 Å². The molecule has 0 spiro atoms. The molecule has 5 nitrogen and oxygen atoms in total. The van der Waals surface area contributed by atoms with Crippen molar-refractivity contribution in [2.75, 3.05) is 18.4 Å². The van der Waals surface area contributed by atoms with Gasteiger partial charge >= 0.3 is 0 Å². The van der Waals surface area contributed by atoms with E-state index in [1.807, 2.05) is 24.3 Å². The average molecular weight is 410 g/mol. The molecular formula is C23H24F2N4O. The molecule has 1 aromatic heterocycles. The number of rotatable bonds is 5. The van der Waals surface area contributed by atoms with Crippen molar-refractivity contribution >= 4 is 11.6 Å². The maximum atomic E-state index is 14.5. The Kier molecular flexibility index (Phi) is 5.90. The molecule has 3 aromatic rings. The SMILES string of the molecule is CCc1cccc(NC(=O)c2cnn(-c3ccc(F)cc3F)c2C2CCNCC2)c1. The molecule has 156 valence electrons. The van der Waals surface area contributed by atoms with Crippen molar-refractivity contribution < 1.29 is 13.6 Å². The zero-order chi connectivity index (χ0) is 21.1. The molecule has 1 fully saturated rings. The molecule has 1 saturated heterocycles. The van der Waals surface area contributed by atoms with Crippen LogP contribution in [0.2, 0.25) is 0 Å². The van der Waals surface area contributed by atoms with Crippen LogP contribution in [0.4, 0.5) is 14.5 Å². The summed E-state index contributed by atoms with van der Waals surface area (Å²) < 4.78 is 29.4. The highest BCUT2D eigenvalue weighted by Gasteiger charge is 2.28. The maximum absolute atomic E-state index is 14.5. The molecule has 1 aliphatic heterocycles. The number of hydrogen-bond donors (Lipinski definition) is 2. The van der Waals surface area contributed by atoms with Crippen molar-refractivity contribution in [2.24, 2.45) is 0 Å². The van der Waals surface area contributed by atoms with Crippen LogP contribution >= 0.6 is 0 Å². The molecule has 30 heavy (non-hydrogen) atoms. The number of hydrogen-bond acceptors (Lipinski definition) is 3. The smallest absolute Gasteiger partial charge is 0.259 e. The molecule has 0 saturated carbocycles. The predicted molar refractivity (Wildman–Crippen MR) is 112 cm³/mol. The summed E-state index contributed by atoms with van der Waals surface area (Å²) in [6.07, 6.45) is 3.95. The Morgan fingerprint density at radius 3 is 2.73 bits per heavy atom. The van der Waals surface area contributed by atoms with Crippen LogP contribution in [0, 0.1) is 11.6 Å². The van der Waals surface area contributed by atoms with Gasteiger partial charge in [0.05, 0.1) is 17.5 Å². The van der Waals surface area contributed by atoms with Gasteiger partial charge in [0.1, 0.15) is 11.5 Å². The number of aryl methyl sites for hydroxylation is 1. The first-order chi connectivity index (χ1) is 14.6. The van der Waals surface area contributed by atoms with Crippen LogP contribution in [0.3, 0.4) is 0 Å². The van der Waals surface area contributed by atoms with Gasteiger partial charge in [0.25, 0.3) is 5.91 Å². The number of piperidine rings is 1. The van der Waals surface area contributed by atoms with Crippen LogP contribution in [0.5, 0.6) is 0 Å². The molecule has 2 heterocycles. The van der Waals surface area contributed by atoms with Gasteiger partial charge < -0.3 is 10.6 Å². The molecule has 7 heteroatoms. The summed E-state index contributed by atoms with van der Waals surface area (Å²) >= 11 is 0. The van der Waals surface area contributed by atoms with Gasteiger partial charge in [-0.25, -0.2) is 13.5 Å². The lowest BCUT2D eigenvalue weighted by molar-refractivity contribution is 0.102. The van der Waals surface area contributed by atoms with Crippen molar-refractivity contribution in [1.82, 2.24) is 15.1 Å². The highest BCUT2D eigenvalue weighted by molar-refractivity contribution is 6.05. The lowest BCUT2D eigenvalue weighted by Crippen LogP contribution is -2.29. The molecule has 1 amide bonds. The highest BCUT2D eigenvalue weighted by atomic mass is 19.1. The van der Waals surface area contributed by atoms with Gasteiger partial charge in [-0.15, -0.1) is 0 Å². The fourth-order valence-electron chi connectivity index (χ4n) is 3.93. The minimum absolute atomic E-state index is 0.0425. The number of nitrogens with one attached hydrogen (secondary N) is 2. The van der Waals surface area contributed by atoms with Crippen LogP contribution in [-0.2, 0) is 6.42 Å². The van der Waals surface area contributed by atoms with E-state index in [2.05, 4.69) is 22.7 Å². The van der Waals surface area contributed by atoms with Gasteiger partial charge in [-0.1, -0.05) is 19.1 Å². The number of benzene rings is 2. The standard InChI is InChI=1S/C23H24F2N4O/c1-2-15-4-3-5-18(12-15)28-23(30)19-14-27-29(21-7-6-17(24)13-20(21)25)22(19)16-8-10-26-11-9-16/h3-7,12-14,16,26H,2,8-11H2,1H3,(H,28,30). The molecular weight excluding hydrogens is 386 g/mol. The first-order valence-electron chi connectivity index (χ1n) is 10.2. The number of carbonyl (C=O) groups excluding carboxylic acids is 1. The average Bonchev–Trinajstić information content (AvgIpc) is 3.19. The Morgan fingerprint density at radius 2 is 2.00 bits per heavy atom. The predicted octanol–water partition coefficient (Wildman–Crippen LogP) is 4.43. The quantitative estimate of drug-likeness (QED) is 0.654. The van der Waals surface area contributed by atoms with Crippen LogP contribution < -0.4 is 10.6 Å². The van der Waals surface area contributed by atoms with Crippen molar-refractivity contribution in [2.45, 2.75) is 32.1 Å². The summed E-state index contributed by atoms with van der Waals surface area (Å²) in [7, 11) is 0. The molecule has 0 radical (unpaired) electrons. The van der Waals surface area contributed by atoms with E-state index in [0.29, 0.717) is 16.9 Å². The van der Waals surface area contributed by atoms with Crippen molar-refractivity contribution in [3.05, 3.63) is 77.1 Å². The maximum Gasteiger partial charge on any atom is 0.259 e. The molecule has 0 atom stereocenters. The van der Waals surface area contributed by atoms with Crippen molar-refractivity contribution in [3.8, 4) is 5.69 Å². The third-order valence-electron chi connectivity index (χ3n) is 5.51. The van der Waals surface area contributed by atoms with Crippen LogP contribution in [-0.4, -0.2) is 28.8 Å². The number of halogens is 2. The number of carbonyl (C=O) groups is 1. The summed E-state index contributed by atoms with van der Waals surface area (Å²) in [4.78, 5) is 13.1. The number of amides is 1. The topological polar surface area (TPSA) is 59.0 Å². The summed E-state index contributed by atoms with van der Waals surface area (Å²) in [5.74, 6) is -1.61. The monoisotopic (exact) mass is 410 g/mol. The van der Waals surface area contributed by atoms with Crippen LogP contribution in [0.15, 0.2) is 48.7 Å². The van der Waals surface area contributed by atoms with E-state index in [0.717, 1.165) is 44.0 Å². The summed E-state index contributed by atoms with van der Waals surface area (Å²) in [6.45, 7) is 3.67. The summed E-state index contributed by atoms with van der Waals surface area (Å²) in [5, 5.41) is 10.6. The lowest BCUT2D eigenvalue weighted by atomic mass is 9.91. The second-order valence-corrected chi connectivity index (χ2v) is 7.48. The van der Waals surface area contributed by atoms with Crippen molar-refractivity contribution in [1.29, 1.82) is 0 Å². The van der Waals surface area contributed by atoms with E-state index < -0.39 is 11.6 Å². The van der Waals surface area contributed by atoms with Crippen molar-refractivity contribution in [3.63, 3.8) is 0 Å². The van der Waals surface area contributed by atoms with E-state index in [1.165, 1.54) is 23.0 Å². The Labute approximate surface area is 174 Å². The number of aromatic nitrogens is 2. The number of anilines is 1. The number of nitrogens with zero attached hydrogens (tertiary/aromatic N) is 2. The zero-order valence-corrected chi connectivity index (χ0v) is 16.8. The van der Waals surface area contributed by atoms with Gasteiger partial charge in [0.15, 0.2) is 5.82 Å². The Bertz CT molecular complexity index is 1060. The lowest BCUT2D eigenvalue weighted by Gasteiger charge is -2.25. The van der Waals surface area contributed by atoms with Gasteiger partial charge in [0.2, 0.25) is 0 Å². The summed E-state index contributed by atoms with van der Waals surface area (Å²) in [5.41, 5.74) is 3.03. The fourth-order valence-corrected chi connectivity index (χ4v) is 3.93. The van der Waals surface area contributed by atoms with E-state index in [9.17, 15) is 13.6 Å². The minimum Gasteiger partial charge on any atom is -0.322 e. The Hall–Kier alpha value is -3.06. The zero-order valence-electron chi connectivity index (χ0n) is 16.8. The fraction of sp³-hybridized carbons (Fsp3) is 0.304. The Balaban J connectivity index is 1.73. The van der Waals surface area contributed by atoms with Gasteiger partial charge in [-0.2, -0.15) is 5.10 Å². The van der Waals surface area contributed by atoms with E-state index in [4.69, 9.17) is 0 Å². The molecule has 1 aliphatic rings. The third kappa shape index (κ3) is 4.11. The molecule has 0 unspecified atom stereocenters. The molecule has 0 aliphatic carbocycles. The highest BCUT2D eigenvalue weighted by Crippen LogP contribution is 2.31. The molecule has 0 bridgehead atoms. The van der Waals surface area contributed by atoms with Crippen LogP contribution in [0.1, 0.15) is 47.3 Å². The second-order valence-electron chi connectivity index (χ2n) is 7.48. The minimum atomic E-state index is -0.712. The first-order valence-corrected chi connectivity index (χ1v) is 10.2. The third-order valence-corrected chi connectivity index (χ3v) is 5.51. The molecule has 2 aromatic carbocycles. The second kappa shape index (κ2) is 8.75. The van der Waals surface area contributed by atoms with Crippen LogP contribution in [0.25, 0.3) is 5.69 Å². The van der Waals surface area contributed by atoms with E-state index in [-0.39, 0.29) is 17.5 Å². The van der Waals surface area contributed by atoms with E-state index >= 15 is 0 Å². The van der Waals surface area contributed by atoms with Gasteiger partial charge in [0, 0.05) is 17.7 Å². The largest absolute Gasteiger partial charge is 0.322 e. The molecule has 4 rings (SSSR count). The summed E-state index contributed by atoms with van der Waals surface area (Å²) in [6, 6.07) is 11.1. The molecule has 2 N–H and O–H groups in total.